The van der Waals surface area contributed by atoms with Gasteiger partial charge in [-0.05, 0) is 36.4 Å². The van der Waals surface area contributed by atoms with Crippen molar-refractivity contribution < 1.29 is 18.4 Å². The van der Waals surface area contributed by atoms with Crippen LogP contribution < -0.4 is 0 Å². The smallest absolute Gasteiger partial charge is 0.373 e. The first-order valence-electron chi connectivity index (χ1n) is 6.55. The predicted octanol–water partition coefficient (Wildman–Crippen LogP) is 4.17. The summed E-state index contributed by atoms with van der Waals surface area (Å²) in [6.45, 7) is 0. The topological polar surface area (TPSA) is 78.4 Å². The van der Waals surface area contributed by atoms with Crippen LogP contribution in [0.5, 0.6) is 0 Å². The van der Waals surface area contributed by atoms with Gasteiger partial charge >= 0.3 is 5.97 Å². The summed E-state index contributed by atoms with van der Waals surface area (Å²) in [5.41, 5.74) is 0.846. The molecule has 23 heavy (non-hydrogen) atoms. The average molecular weight is 395 g/mol. The number of hydrogen-bond acceptors (Lipinski definition) is 7. The molecule has 0 N–H and O–H groups in total. The number of benzene rings is 1. The van der Waals surface area contributed by atoms with Gasteiger partial charge in [-0.25, -0.2) is 4.79 Å². The molecular weight excluding hydrogens is 384 g/mol. The minimum Gasteiger partial charge on any atom is -0.463 e. The van der Waals surface area contributed by atoms with Crippen molar-refractivity contribution in [3.8, 4) is 11.5 Å². The molecule has 8 heteroatoms. The number of thioether (sulfide) groups is 1. The second-order valence-electron chi connectivity index (χ2n) is 4.43. The average Bonchev–Trinajstić information content (AvgIpc) is 3.22. The number of nitrogens with zero attached hydrogens (tertiary/aromatic N) is 2. The molecule has 3 rings (SSSR count). The molecule has 0 amide bonds. The molecular formula is C15H11BrN2O4S. The molecule has 1 aromatic carbocycles. The summed E-state index contributed by atoms with van der Waals surface area (Å²) in [7, 11) is 1.31. The first kappa shape index (κ1) is 15.8. The maximum Gasteiger partial charge on any atom is 0.373 e. The van der Waals surface area contributed by atoms with Gasteiger partial charge in [0.2, 0.25) is 11.7 Å². The number of methoxy groups -OCH3 is 1. The van der Waals surface area contributed by atoms with Gasteiger partial charge in [-0.1, -0.05) is 27.7 Å². The maximum absolute atomic E-state index is 11.3. The van der Waals surface area contributed by atoms with E-state index in [1.54, 1.807) is 12.1 Å². The molecule has 0 aliphatic carbocycles. The number of carbonyl (C=O) groups excluding carboxylic acids is 1. The lowest BCUT2D eigenvalue weighted by Crippen LogP contribution is -1.98. The Kier molecular flexibility index (Phi) is 4.82. The van der Waals surface area contributed by atoms with Crippen molar-refractivity contribution in [2.45, 2.75) is 11.0 Å². The molecule has 0 bridgehead atoms. The van der Waals surface area contributed by atoms with Crippen molar-refractivity contribution in [2.75, 3.05) is 7.11 Å². The molecule has 3 aromatic rings. The second kappa shape index (κ2) is 7.01. The van der Waals surface area contributed by atoms with E-state index < -0.39 is 5.97 Å². The Morgan fingerprint density at radius 1 is 1.17 bits per heavy atom. The molecule has 0 fully saturated rings. The summed E-state index contributed by atoms with van der Waals surface area (Å²) < 4.78 is 16.5. The van der Waals surface area contributed by atoms with Crippen LogP contribution >= 0.6 is 27.7 Å². The number of esters is 1. The number of aromatic nitrogens is 2. The van der Waals surface area contributed by atoms with Crippen LogP contribution in [0.3, 0.4) is 0 Å². The predicted molar refractivity (Wildman–Crippen MR) is 87.0 cm³/mol. The minimum atomic E-state index is -0.503. The number of carbonyl (C=O) groups is 1. The first-order valence-corrected chi connectivity index (χ1v) is 8.33. The summed E-state index contributed by atoms with van der Waals surface area (Å²) in [4.78, 5) is 11.3. The van der Waals surface area contributed by atoms with Crippen LogP contribution in [0.2, 0.25) is 0 Å². The lowest BCUT2D eigenvalue weighted by atomic mass is 10.2. The first-order chi connectivity index (χ1) is 11.2. The molecule has 0 saturated heterocycles. The highest BCUT2D eigenvalue weighted by atomic mass is 79.9. The number of ether oxygens (including phenoxy) is 1. The number of furan rings is 1. The van der Waals surface area contributed by atoms with Crippen LogP contribution in [0.15, 0.2) is 54.9 Å². The van der Waals surface area contributed by atoms with Crippen molar-refractivity contribution in [2.24, 2.45) is 0 Å². The largest absolute Gasteiger partial charge is 0.463 e. The Hall–Kier alpha value is -2.06. The number of rotatable bonds is 5. The highest BCUT2D eigenvalue weighted by molar-refractivity contribution is 9.10. The van der Waals surface area contributed by atoms with E-state index in [1.165, 1.54) is 18.9 Å². The fraction of sp³-hybridized carbons (Fsp3) is 0.133. The zero-order valence-corrected chi connectivity index (χ0v) is 14.4. The zero-order valence-electron chi connectivity index (χ0n) is 12.0. The molecule has 0 unspecified atom stereocenters. The van der Waals surface area contributed by atoms with Gasteiger partial charge in [0.1, 0.15) is 5.76 Å². The van der Waals surface area contributed by atoms with Crippen molar-refractivity contribution >= 4 is 33.7 Å². The SMILES string of the molecule is COC(=O)c1ccc(CSc2nnc(-c3ccc(Br)cc3)o2)o1. The molecule has 0 aliphatic heterocycles. The van der Waals surface area contributed by atoms with Gasteiger partial charge in [-0.2, -0.15) is 0 Å². The van der Waals surface area contributed by atoms with Gasteiger partial charge < -0.3 is 13.6 Å². The quantitative estimate of drug-likeness (QED) is 0.474. The van der Waals surface area contributed by atoms with Crippen LogP contribution in [0.25, 0.3) is 11.5 Å². The van der Waals surface area contributed by atoms with E-state index in [1.807, 2.05) is 24.3 Å². The van der Waals surface area contributed by atoms with E-state index in [2.05, 4.69) is 30.9 Å². The normalized spacial score (nSPS) is 10.7. The number of hydrogen-bond donors (Lipinski definition) is 0. The Balaban J connectivity index is 1.64. The Morgan fingerprint density at radius 2 is 1.96 bits per heavy atom. The molecule has 0 atom stereocenters. The third kappa shape index (κ3) is 3.83. The van der Waals surface area contributed by atoms with Crippen molar-refractivity contribution in [3.05, 3.63) is 52.4 Å². The van der Waals surface area contributed by atoms with E-state index in [0.717, 1.165) is 10.0 Å². The Bertz CT molecular complexity index is 813. The fourth-order valence-corrected chi connectivity index (χ4v) is 2.70. The number of halogens is 1. The Morgan fingerprint density at radius 3 is 2.70 bits per heavy atom. The van der Waals surface area contributed by atoms with Crippen LogP contribution in [0.4, 0.5) is 0 Å². The van der Waals surface area contributed by atoms with Gasteiger partial charge in [-0.3, -0.25) is 0 Å². The van der Waals surface area contributed by atoms with E-state index in [-0.39, 0.29) is 5.76 Å². The molecule has 0 radical (unpaired) electrons. The molecule has 0 spiro atoms. The maximum atomic E-state index is 11.3. The van der Waals surface area contributed by atoms with E-state index in [9.17, 15) is 4.79 Å². The molecule has 2 aromatic heterocycles. The lowest BCUT2D eigenvalue weighted by molar-refractivity contribution is 0.0563. The van der Waals surface area contributed by atoms with Gasteiger partial charge in [0, 0.05) is 10.0 Å². The fourth-order valence-electron chi connectivity index (χ4n) is 1.78. The van der Waals surface area contributed by atoms with Crippen molar-refractivity contribution in [1.82, 2.24) is 10.2 Å². The van der Waals surface area contributed by atoms with E-state index >= 15 is 0 Å². The second-order valence-corrected chi connectivity index (χ2v) is 6.27. The van der Waals surface area contributed by atoms with Crippen molar-refractivity contribution in [3.63, 3.8) is 0 Å². The highest BCUT2D eigenvalue weighted by Crippen LogP contribution is 2.27. The molecule has 118 valence electrons. The summed E-state index contributed by atoms with van der Waals surface area (Å²) >= 11 is 4.71. The van der Waals surface area contributed by atoms with Gasteiger partial charge in [0.25, 0.3) is 5.22 Å². The summed E-state index contributed by atoms with van der Waals surface area (Å²) in [5.74, 6) is 1.22. The van der Waals surface area contributed by atoms with Crippen LogP contribution in [-0.2, 0) is 10.5 Å². The molecule has 0 aliphatic rings. The minimum absolute atomic E-state index is 0.171. The lowest BCUT2D eigenvalue weighted by Gasteiger charge is -1.95. The van der Waals surface area contributed by atoms with E-state index in [4.69, 9.17) is 8.83 Å². The summed E-state index contributed by atoms with van der Waals surface area (Å²) in [5, 5.41) is 8.44. The van der Waals surface area contributed by atoms with E-state index in [0.29, 0.717) is 22.6 Å². The molecule has 6 nitrogen and oxygen atoms in total. The van der Waals surface area contributed by atoms with Gasteiger partial charge in [0.05, 0.1) is 12.9 Å². The molecule has 0 saturated carbocycles. The highest BCUT2D eigenvalue weighted by Gasteiger charge is 2.13. The standard InChI is InChI=1S/C15H11BrN2O4S/c1-20-14(19)12-7-6-11(21-12)8-23-15-18-17-13(22-15)9-2-4-10(16)5-3-9/h2-7H,8H2,1H3. The van der Waals surface area contributed by atoms with Gasteiger partial charge in [0.15, 0.2) is 0 Å². The van der Waals surface area contributed by atoms with Crippen LogP contribution in [-0.4, -0.2) is 23.3 Å². The van der Waals surface area contributed by atoms with Crippen LogP contribution in [0, 0.1) is 0 Å². The summed E-state index contributed by atoms with van der Waals surface area (Å²) in [6, 6.07) is 10.9. The third-order valence-corrected chi connectivity index (χ3v) is 4.25. The summed E-state index contributed by atoms with van der Waals surface area (Å²) in [6.07, 6.45) is 0. The van der Waals surface area contributed by atoms with Crippen molar-refractivity contribution in [1.29, 1.82) is 0 Å². The zero-order chi connectivity index (χ0) is 16.2. The monoisotopic (exact) mass is 394 g/mol. The van der Waals surface area contributed by atoms with Gasteiger partial charge in [-0.15, -0.1) is 10.2 Å². The molecule has 2 heterocycles. The van der Waals surface area contributed by atoms with Crippen LogP contribution in [0.1, 0.15) is 16.3 Å². The Labute approximate surface area is 144 Å². The third-order valence-electron chi connectivity index (χ3n) is 2.88.